The van der Waals surface area contributed by atoms with Crippen LogP contribution in [0, 0.1) is 25.0 Å². The second kappa shape index (κ2) is 5.58. The summed E-state index contributed by atoms with van der Waals surface area (Å²) in [5.74, 6) is -0.218. The number of hydrogen-bond acceptors (Lipinski definition) is 5. The van der Waals surface area contributed by atoms with Crippen molar-refractivity contribution >= 4 is 34.1 Å². The number of nitro benzene ring substituents is 1. The van der Waals surface area contributed by atoms with Crippen molar-refractivity contribution in [3.63, 3.8) is 0 Å². The number of benzene rings is 1. The third-order valence-electron chi connectivity index (χ3n) is 1.77. The summed E-state index contributed by atoms with van der Waals surface area (Å²) in [5, 5.41) is 19.5. The van der Waals surface area contributed by atoms with E-state index in [1.54, 1.807) is 0 Å². The molecular weight excluding hydrogens is 339 g/mol. The quantitative estimate of drug-likeness (QED) is 0.473. The van der Waals surface area contributed by atoms with Crippen LogP contribution in [-0.2, 0) is 4.79 Å². The summed E-state index contributed by atoms with van der Waals surface area (Å²) >= 11 is 1.82. The van der Waals surface area contributed by atoms with Crippen molar-refractivity contribution in [2.75, 3.05) is 6.61 Å². The third-order valence-corrected chi connectivity index (χ3v) is 2.57. The monoisotopic (exact) mass is 346 g/mol. The molecule has 0 saturated heterocycles. The predicted molar refractivity (Wildman–Crippen MR) is 66.7 cm³/mol. The molecule has 17 heavy (non-hydrogen) atoms. The molecule has 0 saturated carbocycles. The standard InChI is InChI=1S/C10H7IN2O4/c1-6(14)5-17-10-8(11)2-7(4-12)3-9(10)13(15)16/h2-3H,5H2,1H3. The van der Waals surface area contributed by atoms with E-state index in [2.05, 4.69) is 0 Å². The number of carbonyl (C=O) groups is 1. The Morgan fingerprint density at radius 2 is 2.29 bits per heavy atom. The zero-order valence-corrected chi connectivity index (χ0v) is 10.9. The molecule has 0 amide bonds. The van der Waals surface area contributed by atoms with Crippen LogP contribution in [0.2, 0.25) is 0 Å². The van der Waals surface area contributed by atoms with Gasteiger partial charge >= 0.3 is 5.69 Å². The fourth-order valence-electron chi connectivity index (χ4n) is 1.10. The van der Waals surface area contributed by atoms with E-state index in [1.807, 2.05) is 28.7 Å². The number of rotatable bonds is 4. The van der Waals surface area contributed by atoms with Gasteiger partial charge in [-0.2, -0.15) is 5.26 Å². The first-order chi connectivity index (χ1) is 7.95. The Balaban J connectivity index is 3.23. The van der Waals surface area contributed by atoms with Gasteiger partial charge in [0.05, 0.1) is 20.1 Å². The van der Waals surface area contributed by atoms with Gasteiger partial charge in [-0.05, 0) is 35.6 Å². The number of ether oxygens (including phenoxy) is 1. The number of nitriles is 1. The van der Waals surface area contributed by atoms with E-state index in [9.17, 15) is 14.9 Å². The van der Waals surface area contributed by atoms with Crippen LogP contribution in [0.4, 0.5) is 5.69 Å². The fraction of sp³-hybridized carbons (Fsp3) is 0.200. The second-order valence-electron chi connectivity index (χ2n) is 3.17. The smallest absolute Gasteiger partial charge is 0.313 e. The van der Waals surface area contributed by atoms with Crippen molar-refractivity contribution in [3.8, 4) is 11.8 Å². The van der Waals surface area contributed by atoms with E-state index in [0.29, 0.717) is 3.57 Å². The summed E-state index contributed by atoms with van der Waals surface area (Å²) in [5.41, 5.74) is -0.133. The minimum Gasteiger partial charge on any atom is -0.478 e. The molecule has 0 aromatic heterocycles. The molecule has 7 heteroatoms. The molecule has 0 aliphatic carbocycles. The van der Waals surface area contributed by atoms with E-state index in [1.165, 1.54) is 13.0 Å². The van der Waals surface area contributed by atoms with Crippen LogP contribution >= 0.6 is 22.6 Å². The normalized spacial score (nSPS) is 9.47. The Kier molecular flexibility index (Phi) is 4.39. The molecule has 6 nitrogen and oxygen atoms in total. The molecule has 0 aliphatic heterocycles. The lowest BCUT2D eigenvalue weighted by molar-refractivity contribution is -0.385. The maximum Gasteiger partial charge on any atom is 0.313 e. The van der Waals surface area contributed by atoms with E-state index < -0.39 is 4.92 Å². The summed E-state index contributed by atoms with van der Waals surface area (Å²) in [4.78, 5) is 21.0. The Morgan fingerprint density at radius 1 is 1.65 bits per heavy atom. The van der Waals surface area contributed by atoms with Gasteiger partial charge in [-0.1, -0.05) is 0 Å². The minimum absolute atomic E-state index is 0.0183. The van der Waals surface area contributed by atoms with Crippen LogP contribution in [0.25, 0.3) is 0 Å². The largest absolute Gasteiger partial charge is 0.478 e. The average Bonchev–Trinajstić information content (AvgIpc) is 2.25. The Hall–Kier alpha value is -1.69. The Morgan fingerprint density at radius 3 is 2.76 bits per heavy atom. The molecule has 0 N–H and O–H groups in total. The highest BCUT2D eigenvalue weighted by Crippen LogP contribution is 2.33. The van der Waals surface area contributed by atoms with Crippen LogP contribution in [-0.4, -0.2) is 17.3 Å². The van der Waals surface area contributed by atoms with Crippen LogP contribution in [0.1, 0.15) is 12.5 Å². The van der Waals surface area contributed by atoms with Crippen LogP contribution < -0.4 is 4.74 Å². The highest BCUT2D eigenvalue weighted by Gasteiger charge is 2.20. The zero-order chi connectivity index (χ0) is 13.0. The van der Waals surface area contributed by atoms with Gasteiger partial charge in [-0.15, -0.1) is 0 Å². The number of ketones is 1. The Labute approximate surface area is 110 Å². The third kappa shape index (κ3) is 3.39. The second-order valence-corrected chi connectivity index (χ2v) is 4.33. The first-order valence-electron chi connectivity index (χ1n) is 4.46. The molecule has 0 radical (unpaired) electrons. The van der Waals surface area contributed by atoms with Crippen LogP contribution in [0.15, 0.2) is 12.1 Å². The fourth-order valence-corrected chi connectivity index (χ4v) is 1.86. The molecule has 0 atom stereocenters. The SMILES string of the molecule is CC(=O)COc1c(I)cc(C#N)cc1[N+](=O)[O-]. The average molecular weight is 346 g/mol. The highest BCUT2D eigenvalue weighted by molar-refractivity contribution is 14.1. The van der Waals surface area contributed by atoms with Crippen molar-refractivity contribution in [2.24, 2.45) is 0 Å². The molecule has 0 bridgehead atoms. The summed E-state index contributed by atoms with van der Waals surface area (Å²) in [6.45, 7) is 1.09. The molecule has 0 fully saturated rings. The lowest BCUT2D eigenvalue weighted by atomic mass is 10.2. The molecular formula is C10H7IN2O4. The minimum atomic E-state index is -0.640. The summed E-state index contributed by atoms with van der Waals surface area (Å²) in [6.07, 6.45) is 0. The number of nitro groups is 1. The van der Waals surface area contributed by atoms with E-state index in [0.717, 1.165) is 6.07 Å². The molecule has 0 aliphatic rings. The summed E-state index contributed by atoms with van der Waals surface area (Å²) < 4.78 is 5.51. The Bertz CT molecular complexity index is 522. The van der Waals surface area contributed by atoms with Crippen LogP contribution in [0.3, 0.4) is 0 Å². The molecule has 88 valence electrons. The van der Waals surface area contributed by atoms with Crippen molar-refractivity contribution < 1.29 is 14.5 Å². The molecule has 1 aromatic rings. The number of Topliss-reactive ketones (excluding diaryl/α,β-unsaturated/α-hetero) is 1. The van der Waals surface area contributed by atoms with Gasteiger partial charge in [0.25, 0.3) is 0 Å². The first kappa shape index (κ1) is 13.4. The lowest BCUT2D eigenvalue weighted by Crippen LogP contribution is -2.09. The molecule has 1 aromatic carbocycles. The highest BCUT2D eigenvalue weighted by atomic mass is 127. The van der Waals surface area contributed by atoms with E-state index >= 15 is 0 Å². The molecule has 0 spiro atoms. The number of carbonyl (C=O) groups excluding carboxylic acids is 1. The van der Waals surface area contributed by atoms with Gasteiger partial charge in [0.1, 0.15) is 6.61 Å². The molecule has 1 rings (SSSR count). The predicted octanol–water partition coefficient (Wildman–Crippen LogP) is 2.04. The number of nitrogens with zero attached hydrogens (tertiary/aromatic N) is 2. The van der Waals surface area contributed by atoms with Crippen LogP contribution in [0.5, 0.6) is 5.75 Å². The zero-order valence-electron chi connectivity index (χ0n) is 8.77. The molecule has 0 unspecified atom stereocenters. The van der Waals surface area contributed by atoms with Gasteiger partial charge in [0, 0.05) is 6.07 Å². The van der Waals surface area contributed by atoms with Crippen molar-refractivity contribution in [2.45, 2.75) is 6.92 Å². The number of halogens is 1. The van der Waals surface area contributed by atoms with Crippen molar-refractivity contribution in [3.05, 3.63) is 31.4 Å². The van der Waals surface area contributed by atoms with E-state index in [-0.39, 0.29) is 29.4 Å². The van der Waals surface area contributed by atoms with E-state index in [4.69, 9.17) is 10.00 Å². The maximum atomic E-state index is 10.8. The molecule has 0 heterocycles. The maximum absolute atomic E-state index is 10.8. The first-order valence-corrected chi connectivity index (χ1v) is 5.54. The van der Waals surface area contributed by atoms with Gasteiger partial charge in [-0.25, -0.2) is 0 Å². The van der Waals surface area contributed by atoms with Crippen molar-refractivity contribution in [1.29, 1.82) is 5.26 Å². The lowest BCUT2D eigenvalue weighted by Gasteiger charge is -2.07. The summed E-state index contributed by atoms with van der Waals surface area (Å²) in [6, 6.07) is 4.41. The van der Waals surface area contributed by atoms with Gasteiger partial charge in [0.2, 0.25) is 5.75 Å². The van der Waals surface area contributed by atoms with Gasteiger partial charge < -0.3 is 4.74 Å². The van der Waals surface area contributed by atoms with Crippen molar-refractivity contribution in [1.82, 2.24) is 0 Å². The topological polar surface area (TPSA) is 93.2 Å². The summed E-state index contributed by atoms with van der Waals surface area (Å²) in [7, 11) is 0. The van der Waals surface area contributed by atoms with Gasteiger partial charge in [0.15, 0.2) is 5.78 Å². The number of hydrogen-bond donors (Lipinski definition) is 0. The van der Waals surface area contributed by atoms with Gasteiger partial charge in [-0.3, -0.25) is 14.9 Å².